The summed E-state index contributed by atoms with van der Waals surface area (Å²) in [6.07, 6.45) is -9.78. The van der Waals surface area contributed by atoms with Gasteiger partial charge in [-0.05, 0) is 42.0 Å². The molecule has 6 nitrogen and oxygen atoms in total. The van der Waals surface area contributed by atoms with Crippen LogP contribution in [0.1, 0.15) is 37.4 Å². The van der Waals surface area contributed by atoms with Crippen LogP contribution in [-0.4, -0.2) is 31.0 Å². The van der Waals surface area contributed by atoms with Gasteiger partial charge >= 0.3 is 24.3 Å². The van der Waals surface area contributed by atoms with Gasteiger partial charge in [-0.25, -0.2) is 9.59 Å². The van der Waals surface area contributed by atoms with Gasteiger partial charge in [-0.1, -0.05) is 36.4 Å². The van der Waals surface area contributed by atoms with E-state index in [0.717, 1.165) is 43.5 Å². The molecule has 0 aromatic heterocycles. The van der Waals surface area contributed by atoms with Crippen molar-refractivity contribution in [3.63, 3.8) is 0 Å². The monoisotopic (exact) mass is 539 g/mol. The SMILES string of the molecule is COC(=O)[C@H](Cc1ccc(OC(=O)c2ccccc2C(F)(F)F)cc1)NC(=O)c1ccccc1C(F)(F)F. The van der Waals surface area contributed by atoms with Gasteiger partial charge in [-0.2, -0.15) is 26.3 Å². The van der Waals surface area contributed by atoms with Gasteiger partial charge in [0.25, 0.3) is 5.91 Å². The Morgan fingerprint density at radius 2 is 1.26 bits per heavy atom. The third kappa shape index (κ3) is 6.90. The molecule has 0 spiro atoms. The summed E-state index contributed by atoms with van der Waals surface area (Å²) in [5.74, 6) is -3.42. The van der Waals surface area contributed by atoms with Gasteiger partial charge in [-0.15, -0.1) is 0 Å². The van der Waals surface area contributed by atoms with E-state index in [-0.39, 0.29) is 12.2 Å². The van der Waals surface area contributed by atoms with E-state index < -0.39 is 58.5 Å². The predicted octanol–water partition coefficient (Wildman–Crippen LogP) is 5.46. The molecule has 0 radical (unpaired) electrons. The van der Waals surface area contributed by atoms with E-state index in [9.17, 15) is 40.7 Å². The van der Waals surface area contributed by atoms with Crippen molar-refractivity contribution in [1.82, 2.24) is 5.32 Å². The van der Waals surface area contributed by atoms with Crippen molar-refractivity contribution in [2.45, 2.75) is 24.8 Å². The second-order valence-electron chi connectivity index (χ2n) is 7.87. The third-order valence-electron chi connectivity index (χ3n) is 5.29. The zero-order chi connectivity index (χ0) is 28.1. The molecule has 12 heteroatoms. The number of halogens is 6. The summed E-state index contributed by atoms with van der Waals surface area (Å²) >= 11 is 0. The topological polar surface area (TPSA) is 81.7 Å². The number of carbonyl (C=O) groups is 3. The van der Waals surface area contributed by atoms with Crippen LogP contribution in [0.2, 0.25) is 0 Å². The Labute approximate surface area is 212 Å². The zero-order valence-corrected chi connectivity index (χ0v) is 19.5. The standard InChI is InChI=1S/C26H19F6NO5/c1-37-24(36)21(33-22(34)17-6-2-4-8-19(17)25(27,28)29)14-15-10-12-16(13-11-15)38-23(35)18-7-3-5-9-20(18)26(30,31)32/h2-13,21H,14H2,1H3,(H,33,34)/t21-/m0/s1. The Bertz CT molecular complexity index is 1320. The maximum absolute atomic E-state index is 13.3. The maximum Gasteiger partial charge on any atom is 0.417 e. The Kier molecular flexibility index (Phi) is 8.44. The molecule has 3 rings (SSSR count). The van der Waals surface area contributed by atoms with Crippen LogP contribution in [-0.2, 0) is 28.3 Å². The lowest BCUT2D eigenvalue weighted by Gasteiger charge is -2.18. The number of ether oxygens (including phenoxy) is 2. The van der Waals surface area contributed by atoms with Gasteiger partial charge < -0.3 is 14.8 Å². The van der Waals surface area contributed by atoms with Gasteiger partial charge in [-0.3, -0.25) is 4.79 Å². The highest BCUT2D eigenvalue weighted by molar-refractivity contribution is 5.98. The Morgan fingerprint density at radius 3 is 1.79 bits per heavy atom. The van der Waals surface area contributed by atoms with Gasteiger partial charge in [0.15, 0.2) is 0 Å². The summed E-state index contributed by atoms with van der Waals surface area (Å²) in [6, 6.07) is 12.0. The van der Waals surface area contributed by atoms with Crippen molar-refractivity contribution < 1.29 is 50.2 Å². The molecule has 0 unspecified atom stereocenters. The summed E-state index contributed by atoms with van der Waals surface area (Å²) in [5.41, 5.74) is -3.34. The second-order valence-corrected chi connectivity index (χ2v) is 7.87. The highest BCUT2D eigenvalue weighted by Crippen LogP contribution is 2.33. The van der Waals surface area contributed by atoms with Crippen molar-refractivity contribution in [1.29, 1.82) is 0 Å². The van der Waals surface area contributed by atoms with Crippen molar-refractivity contribution in [2.24, 2.45) is 0 Å². The molecule has 3 aromatic rings. The van der Waals surface area contributed by atoms with E-state index in [1.807, 2.05) is 0 Å². The van der Waals surface area contributed by atoms with Crippen LogP contribution >= 0.6 is 0 Å². The molecule has 0 saturated carbocycles. The van der Waals surface area contributed by atoms with Crippen molar-refractivity contribution in [3.05, 3.63) is 101 Å². The lowest BCUT2D eigenvalue weighted by atomic mass is 10.0. The van der Waals surface area contributed by atoms with Gasteiger partial charge in [0.05, 0.1) is 29.4 Å². The molecule has 3 aromatic carbocycles. The first-order chi connectivity index (χ1) is 17.8. The molecule has 1 amide bonds. The molecule has 0 saturated heterocycles. The van der Waals surface area contributed by atoms with Gasteiger partial charge in [0.2, 0.25) is 0 Å². The molecule has 0 aliphatic rings. The number of hydrogen-bond acceptors (Lipinski definition) is 5. The summed E-state index contributed by atoms with van der Waals surface area (Å²) in [5, 5.41) is 2.23. The molecule has 1 atom stereocenters. The van der Waals surface area contributed by atoms with E-state index in [1.54, 1.807) is 0 Å². The lowest BCUT2D eigenvalue weighted by molar-refractivity contribution is -0.143. The number of nitrogens with one attached hydrogen (secondary N) is 1. The van der Waals surface area contributed by atoms with Gasteiger partial charge in [0.1, 0.15) is 11.8 Å². The van der Waals surface area contributed by atoms with Crippen LogP contribution in [0.5, 0.6) is 5.75 Å². The molecule has 38 heavy (non-hydrogen) atoms. The van der Waals surface area contributed by atoms with Crippen molar-refractivity contribution >= 4 is 17.8 Å². The third-order valence-corrected chi connectivity index (χ3v) is 5.29. The predicted molar refractivity (Wildman–Crippen MR) is 121 cm³/mol. The van der Waals surface area contributed by atoms with Crippen LogP contribution in [0.4, 0.5) is 26.3 Å². The normalized spacial score (nSPS) is 12.4. The highest BCUT2D eigenvalue weighted by Gasteiger charge is 2.36. The molecular weight excluding hydrogens is 520 g/mol. The first-order valence-corrected chi connectivity index (χ1v) is 10.8. The largest absolute Gasteiger partial charge is 0.467 e. The fourth-order valence-electron chi connectivity index (χ4n) is 3.50. The first-order valence-electron chi connectivity index (χ1n) is 10.8. The van der Waals surface area contributed by atoms with Crippen molar-refractivity contribution in [3.8, 4) is 5.75 Å². The fraction of sp³-hybridized carbons (Fsp3) is 0.192. The van der Waals surface area contributed by atoms with Crippen LogP contribution in [0, 0.1) is 0 Å². The average molecular weight is 539 g/mol. The number of esters is 2. The molecule has 0 bridgehead atoms. The van der Waals surface area contributed by atoms with Crippen LogP contribution in [0.3, 0.4) is 0 Å². The quantitative estimate of drug-likeness (QED) is 0.245. The molecule has 1 N–H and O–H groups in total. The minimum atomic E-state index is -4.80. The average Bonchev–Trinajstić information content (AvgIpc) is 2.87. The minimum Gasteiger partial charge on any atom is -0.467 e. The fourth-order valence-corrected chi connectivity index (χ4v) is 3.50. The number of methoxy groups -OCH3 is 1. The van der Waals surface area contributed by atoms with E-state index in [4.69, 9.17) is 4.74 Å². The summed E-state index contributed by atoms with van der Waals surface area (Å²) in [7, 11) is 1.03. The number of hydrogen-bond donors (Lipinski definition) is 1. The van der Waals surface area contributed by atoms with E-state index in [1.165, 1.54) is 36.4 Å². The van der Waals surface area contributed by atoms with E-state index >= 15 is 0 Å². The number of benzene rings is 3. The first kappa shape index (κ1) is 28.2. The second kappa shape index (κ2) is 11.4. The lowest BCUT2D eigenvalue weighted by Crippen LogP contribution is -2.43. The molecule has 200 valence electrons. The van der Waals surface area contributed by atoms with Crippen molar-refractivity contribution in [2.75, 3.05) is 7.11 Å². The maximum atomic E-state index is 13.3. The number of alkyl halides is 6. The summed E-state index contributed by atoms with van der Waals surface area (Å²) in [6.45, 7) is 0. The molecule has 0 aliphatic heterocycles. The van der Waals surface area contributed by atoms with Gasteiger partial charge in [0, 0.05) is 6.42 Å². The molecule has 0 aliphatic carbocycles. The summed E-state index contributed by atoms with van der Waals surface area (Å²) < 4.78 is 89.0. The Hall–Kier alpha value is -4.35. The number of carbonyl (C=O) groups excluding carboxylic acids is 3. The van der Waals surface area contributed by atoms with E-state index in [0.29, 0.717) is 5.56 Å². The summed E-state index contributed by atoms with van der Waals surface area (Å²) in [4.78, 5) is 37.1. The molecule has 0 heterocycles. The molecular formula is C26H19F6NO5. The number of rotatable bonds is 7. The zero-order valence-electron chi connectivity index (χ0n) is 19.5. The van der Waals surface area contributed by atoms with Crippen LogP contribution in [0.25, 0.3) is 0 Å². The van der Waals surface area contributed by atoms with E-state index in [2.05, 4.69) is 10.1 Å². The smallest absolute Gasteiger partial charge is 0.417 e. The van der Waals surface area contributed by atoms with Crippen LogP contribution in [0.15, 0.2) is 72.8 Å². The Balaban J connectivity index is 1.75. The molecule has 0 fully saturated rings. The Morgan fingerprint density at radius 1 is 0.763 bits per heavy atom. The van der Waals surface area contributed by atoms with Crippen LogP contribution < -0.4 is 10.1 Å². The highest BCUT2D eigenvalue weighted by atomic mass is 19.4. The minimum absolute atomic E-state index is 0.103. The number of amides is 1.